The number of anilines is 1. The van der Waals surface area contributed by atoms with Crippen LogP contribution in [0.5, 0.6) is 0 Å². The highest BCUT2D eigenvalue weighted by Gasteiger charge is 2.55. The third kappa shape index (κ3) is 2.43. The fraction of sp³-hybridized carbons (Fsp3) is 0.550. The number of carbonyl (C=O) groups is 2. The van der Waals surface area contributed by atoms with Gasteiger partial charge in [-0.15, -0.1) is 10.2 Å². The third-order valence-corrected chi connectivity index (χ3v) is 7.27. The number of aromatic amines is 1. The van der Waals surface area contributed by atoms with E-state index in [1.807, 2.05) is 6.07 Å². The zero-order valence-electron chi connectivity index (χ0n) is 16.6. The van der Waals surface area contributed by atoms with Crippen LogP contribution in [0.4, 0.5) is 5.82 Å². The fourth-order valence-corrected chi connectivity index (χ4v) is 6.48. The number of nitrogens with zero attached hydrogens (tertiary/aromatic N) is 4. The van der Waals surface area contributed by atoms with Crippen molar-refractivity contribution < 1.29 is 14.7 Å². The number of aliphatic hydroxyl groups is 1. The zero-order chi connectivity index (χ0) is 20.6. The van der Waals surface area contributed by atoms with E-state index in [9.17, 15) is 14.7 Å². The van der Waals surface area contributed by atoms with E-state index in [-0.39, 0.29) is 6.04 Å². The minimum absolute atomic E-state index is 0.164. The second-order valence-electron chi connectivity index (χ2n) is 9.15. The van der Waals surface area contributed by atoms with Crippen molar-refractivity contribution in [2.24, 2.45) is 17.8 Å². The Morgan fingerprint density at radius 3 is 2.67 bits per heavy atom. The molecule has 4 N–H and O–H groups in total. The summed E-state index contributed by atoms with van der Waals surface area (Å²) in [5.74, 6) is 0.128. The molecule has 10 nitrogen and oxygen atoms in total. The van der Waals surface area contributed by atoms with E-state index in [4.69, 9.17) is 0 Å². The molecule has 0 spiro atoms. The number of amides is 2. The molecule has 30 heavy (non-hydrogen) atoms. The van der Waals surface area contributed by atoms with Crippen molar-refractivity contribution in [1.82, 2.24) is 30.3 Å². The fourth-order valence-electron chi connectivity index (χ4n) is 6.48. The number of H-pyrrole nitrogens is 1. The van der Waals surface area contributed by atoms with Gasteiger partial charge >= 0.3 is 11.8 Å². The van der Waals surface area contributed by atoms with Crippen LogP contribution >= 0.6 is 0 Å². The van der Waals surface area contributed by atoms with Crippen LogP contribution in [0.2, 0.25) is 0 Å². The quantitative estimate of drug-likeness (QED) is 0.468. The van der Waals surface area contributed by atoms with Crippen LogP contribution < -0.4 is 10.6 Å². The van der Waals surface area contributed by atoms with Gasteiger partial charge in [-0.05, 0) is 55.9 Å². The van der Waals surface area contributed by atoms with Crippen molar-refractivity contribution in [3.8, 4) is 0 Å². The van der Waals surface area contributed by atoms with Crippen LogP contribution in [0, 0.1) is 17.8 Å². The van der Waals surface area contributed by atoms with Crippen molar-refractivity contribution in [3.63, 3.8) is 0 Å². The molecule has 5 atom stereocenters. The van der Waals surface area contributed by atoms with Gasteiger partial charge in [-0.3, -0.25) is 19.4 Å². The molecule has 3 aromatic heterocycles. The first-order valence-electron chi connectivity index (χ1n) is 10.4. The number of rotatable bonds is 2. The molecular formula is C20H23N7O3. The number of likely N-dealkylation sites (N-methyl/N-ethyl adjacent to an activating group) is 1. The minimum atomic E-state index is -0.769. The van der Waals surface area contributed by atoms with Gasteiger partial charge < -0.3 is 15.7 Å². The zero-order valence-corrected chi connectivity index (χ0v) is 16.6. The van der Waals surface area contributed by atoms with Crippen molar-refractivity contribution in [2.45, 2.75) is 43.7 Å². The monoisotopic (exact) mass is 409 g/mol. The van der Waals surface area contributed by atoms with Crippen molar-refractivity contribution in [1.29, 1.82) is 0 Å². The van der Waals surface area contributed by atoms with Gasteiger partial charge in [-0.1, -0.05) is 0 Å². The first-order valence-corrected chi connectivity index (χ1v) is 10.4. The maximum absolute atomic E-state index is 12.2. The Bertz CT molecular complexity index is 1180. The summed E-state index contributed by atoms with van der Waals surface area (Å²) in [4.78, 5) is 28.3. The molecule has 156 valence electrons. The van der Waals surface area contributed by atoms with Crippen molar-refractivity contribution in [2.75, 3.05) is 12.4 Å². The lowest BCUT2D eigenvalue weighted by atomic mass is 9.52. The average Bonchev–Trinajstić information content (AvgIpc) is 3.30. The van der Waals surface area contributed by atoms with Gasteiger partial charge in [-0.25, -0.2) is 4.98 Å². The van der Waals surface area contributed by atoms with E-state index in [0.717, 1.165) is 43.0 Å². The molecule has 4 aliphatic rings. The number of hydrogen-bond acceptors (Lipinski definition) is 6. The van der Waals surface area contributed by atoms with Gasteiger partial charge in [0.2, 0.25) is 0 Å². The lowest BCUT2D eigenvalue weighted by molar-refractivity contribution is -0.148. The van der Waals surface area contributed by atoms with Crippen LogP contribution in [-0.4, -0.2) is 54.5 Å². The highest BCUT2D eigenvalue weighted by atomic mass is 16.3. The van der Waals surface area contributed by atoms with E-state index in [1.54, 1.807) is 6.20 Å². The topological polar surface area (TPSA) is 138 Å². The van der Waals surface area contributed by atoms with Crippen LogP contribution in [0.15, 0.2) is 12.3 Å². The molecule has 0 aromatic carbocycles. The van der Waals surface area contributed by atoms with Gasteiger partial charge in [0.25, 0.3) is 0 Å². The molecule has 0 saturated heterocycles. The van der Waals surface area contributed by atoms with Gasteiger partial charge in [0, 0.05) is 13.2 Å². The molecule has 4 saturated carbocycles. The highest BCUT2D eigenvalue weighted by Crippen LogP contribution is 2.60. The van der Waals surface area contributed by atoms with Gasteiger partial charge in [0.1, 0.15) is 5.52 Å². The Labute approximate surface area is 171 Å². The molecule has 10 heteroatoms. The number of nitrogens with one attached hydrogen (secondary N) is 3. The van der Waals surface area contributed by atoms with E-state index >= 15 is 0 Å². The maximum Gasteiger partial charge on any atom is 0.314 e. The lowest BCUT2D eigenvalue weighted by Crippen LogP contribution is -2.55. The van der Waals surface area contributed by atoms with E-state index < -0.39 is 17.4 Å². The molecule has 4 fully saturated rings. The predicted molar refractivity (Wildman–Crippen MR) is 107 cm³/mol. The Kier molecular flexibility index (Phi) is 3.57. The minimum Gasteiger partial charge on any atom is -0.390 e. The Morgan fingerprint density at radius 1 is 1.20 bits per heavy atom. The number of carbonyl (C=O) groups excluding carboxylic acids is 2. The molecule has 4 aliphatic carbocycles. The Morgan fingerprint density at radius 2 is 1.97 bits per heavy atom. The summed E-state index contributed by atoms with van der Waals surface area (Å²) in [6, 6.07) is 2.06. The summed E-state index contributed by atoms with van der Waals surface area (Å²) in [7, 11) is 1.41. The summed E-state index contributed by atoms with van der Waals surface area (Å²) in [5, 5.41) is 28.6. The van der Waals surface area contributed by atoms with Crippen LogP contribution in [0.3, 0.4) is 0 Å². The molecule has 0 aliphatic heterocycles. The molecule has 0 radical (unpaired) electrons. The van der Waals surface area contributed by atoms with Gasteiger partial charge in [0.05, 0.1) is 17.0 Å². The summed E-state index contributed by atoms with van der Waals surface area (Å²) in [5.41, 5.74) is 1.33. The summed E-state index contributed by atoms with van der Waals surface area (Å²) >= 11 is 0. The number of hydrogen-bond donors (Lipinski definition) is 4. The number of aromatic nitrogens is 5. The smallest absolute Gasteiger partial charge is 0.314 e. The predicted octanol–water partition coefficient (Wildman–Crippen LogP) is 1.10. The first-order chi connectivity index (χ1) is 14.5. The highest BCUT2D eigenvalue weighted by molar-refractivity contribution is 6.40. The molecule has 2 amide bonds. The summed E-state index contributed by atoms with van der Waals surface area (Å²) in [6.07, 6.45) is 6.38. The summed E-state index contributed by atoms with van der Waals surface area (Å²) in [6.45, 7) is 0. The van der Waals surface area contributed by atoms with E-state index in [2.05, 4.69) is 35.6 Å². The normalized spacial score (nSPS) is 32.1. The molecule has 7 rings (SSSR count). The van der Waals surface area contributed by atoms with Crippen LogP contribution in [-0.2, 0) is 9.59 Å². The Balaban J connectivity index is 1.51. The van der Waals surface area contributed by atoms with Crippen LogP contribution in [0.1, 0.15) is 38.1 Å². The molecule has 3 aromatic rings. The maximum atomic E-state index is 12.2. The third-order valence-electron chi connectivity index (χ3n) is 7.27. The molecule has 3 unspecified atom stereocenters. The second-order valence-corrected chi connectivity index (χ2v) is 9.15. The standard InChI is InChI=1S/C20H23N7O3/c1-21-18(28)19(29)23-17-13-15(12-2-3-22-16(12)25-24-13)27(26-17)14-10-4-9-5-11(14)8-20(30,6-9)7-10/h2-3,9-11,14,26,30H,4-8H2,1H3,(H,21,28)(H,23,29)/t9?,10-,11+,14?,20?. The first kappa shape index (κ1) is 17.8. The second kappa shape index (κ2) is 6.00. The largest absolute Gasteiger partial charge is 0.390 e. The summed E-state index contributed by atoms with van der Waals surface area (Å²) < 4.78 is 2.09. The SMILES string of the molecule is CNC(=O)C(=O)Nc1[nH]n(C2[C@@H]3CC4C[C@H]2CC(O)(C4)C3)c2c1nnc1nccc12. The van der Waals surface area contributed by atoms with E-state index in [0.29, 0.717) is 34.7 Å². The number of fused-ring (bicyclic) bond motifs is 3. The van der Waals surface area contributed by atoms with Gasteiger partial charge in [0.15, 0.2) is 17.0 Å². The average molecular weight is 409 g/mol. The van der Waals surface area contributed by atoms with Crippen molar-refractivity contribution in [3.05, 3.63) is 12.3 Å². The van der Waals surface area contributed by atoms with Crippen molar-refractivity contribution >= 4 is 39.7 Å². The van der Waals surface area contributed by atoms with E-state index in [1.165, 1.54) is 7.05 Å². The Hall–Kier alpha value is -3.01. The van der Waals surface area contributed by atoms with Crippen LogP contribution in [0.25, 0.3) is 22.1 Å². The molecule has 4 bridgehead atoms. The van der Waals surface area contributed by atoms with Gasteiger partial charge in [-0.2, -0.15) is 0 Å². The lowest BCUT2D eigenvalue weighted by Gasteiger charge is -2.58. The molecular weight excluding hydrogens is 386 g/mol. The molecule has 3 heterocycles.